The van der Waals surface area contributed by atoms with E-state index in [1.807, 2.05) is 36.4 Å². The number of carbonyl (C=O) groups excluding carboxylic acids is 1. The second kappa shape index (κ2) is 9.80. The van der Waals surface area contributed by atoms with Crippen LogP contribution in [0.3, 0.4) is 0 Å². The fourth-order valence-corrected chi connectivity index (χ4v) is 5.19. The number of methoxy groups -OCH3 is 1. The number of likely N-dealkylation sites (tertiary alicyclic amines) is 1. The second-order valence-electron chi connectivity index (χ2n) is 8.37. The van der Waals surface area contributed by atoms with Gasteiger partial charge in [0, 0.05) is 38.4 Å². The molecular weight excluding hydrogens is 438 g/mol. The van der Waals surface area contributed by atoms with Crippen LogP contribution in [0.2, 0.25) is 0 Å². The van der Waals surface area contributed by atoms with Gasteiger partial charge in [-0.05, 0) is 42.7 Å². The summed E-state index contributed by atoms with van der Waals surface area (Å²) in [6.07, 6.45) is 4.05. The molecule has 0 radical (unpaired) electrons. The van der Waals surface area contributed by atoms with Crippen molar-refractivity contribution in [2.75, 3.05) is 43.5 Å². The minimum Gasteiger partial charge on any atom is -0.497 e. The quantitative estimate of drug-likeness (QED) is 0.511. The zero-order chi connectivity index (χ0) is 22.6. The van der Waals surface area contributed by atoms with Gasteiger partial charge in [0.05, 0.1) is 19.6 Å². The van der Waals surface area contributed by atoms with Crippen molar-refractivity contribution in [2.45, 2.75) is 31.3 Å². The summed E-state index contributed by atoms with van der Waals surface area (Å²) in [4.78, 5) is 17.7. The van der Waals surface area contributed by atoms with E-state index in [9.17, 15) is 4.79 Å². The van der Waals surface area contributed by atoms with E-state index in [1.165, 1.54) is 11.3 Å². The molecule has 9 nitrogen and oxygen atoms in total. The molecule has 0 bridgehead atoms. The second-order valence-corrected chi connectivity index (χ2v) is 9.43. The number of benzene rings is 1. The molecule has 0 spiro atoms. The van der Waals surface area contributed by atoms with Crippen molar-refractivity contribution in [3.8, 4) is 5.75 Å². The number of ether oxygens (including phenoxy) is 1. The Morgan fingerprint density at radius 1 is 1.21 bits per heavy atom. The molecule has 4 heterocycles. The van der Waals surface area contributed by atoms with E-state index in [1.54, 1.807) is 13.3 Å². The lowest BCUT2D eigenvalue weighted by atomic mass is 9.96. The van der Waals surface area contributed by atoms with Crippen LogP contribution in [0.25, 0.3) is 0 Å². The van der Waals surface area contributed by atoms with Gasteiger partial charge < -0.3 is 15.0 Å². The highest BCUT2D eigenvalue weighted by Gasteiger charge is 2.32. The van der Waals surface area contributed by atoms with E-state index in [2.05, 4.69) is 35.5 Å². The first-order valence-electron chi connectivity index (χ1n) is 11.2. The fraction of sp³-hybridized carbons (Fsp3) is 0.435. The van der Waals surface area contributed by atoms with Crippen LogP contribution in [0.5, 0.6) is 5.75 Å². The van der Waals surface area contributed by atoms with Crippen LogP contribution in [0.1, 0.15) is 29.5 Å². The first kappa shape index (κ1) is 21.7. The number of rotatable bonds is 9. The van der Waals surface area contributed by atoms with E-state index < -0.39 is 0 Å². The van der Waals surface area contributed by atoms with Gasteiger partial charge in [0.25, 0.3) is 0 Å². The van der Waals surface area contributed by atoms with E-state index in [0.717, 1.165) is 66.3 Å². The molecule has 2 atom stereocenters. The van der Waals surface area contributed by atoms with Crippen LogP contribution in [0, 0.1) is 0 Å². The van der Waals surface area contributed by atoms with Gasteiger partial charge in [-0.25, -0.2) is 0 Å². The average molecular weight is 466 g/mol. The van der Waals surface area contributed by atoms with Gasteiger partial charge in [-0.1, -0.05) is 23.5 Å². The van der Waals surface area contributed by atoms with Crippen molar-refractivity contribution in [2.24, 2.45) is 0 Å². The largest absolute Gasteiger partial charge is 0.497 e. The number of aromatic nitrogens is 4. The molecule has 0 unspecified atom stereocenters. The lowest BCUT2D eigenvalue weighted by Gasteiger charge is -2.37. The first-order valence-corrected chi connectivity index (χ1v) is 12.0. The third kappa shape index (κ3) is 4.96. The number of Topliss-reactive ketones (excluding diaryl/α,β-unsaturated/α-hetero) is 1. The maximum absolute atomic E-state index is 13.3. The zero-order valence-corrected chi connectivity index (χ0v) is 19.4. The van der Waals surface area contributed by atoms with Crippen molar-refractivity contribution in [1.82, 2.24) is 25.3 Å². The summed E-state index contributed by atoms with van der Waals surface area (Å²) < 4.78 is 5.37. The molecule has 2 fully saturated rings. The smallest absolute Gasteiger partial charge is 0.205 e. The van der Waals surface area contributed by atoms with Crippen LogP contribution in [0.15, 0.2) is 42.6 Å². The average Bonchev–Trinajstić information content (AvgIpc) is 3.46. The van der Waals surface area contributed by atoms with Crippen LogP contribution in [-0.4, -0.2) is 70.4 Å². The topological polar surface area (TPSA) is 96.4 Å². The molecular formula is C23H27N7O2S. The highest BCUT2D eigenvalue weighted by atomic mass is 32.1. The molecule has 2 aliphatic heterocycles. The number of nitrogens with one attached hydrogen (secondary N) is 1. The molecule has 2 aliphatic rings. The van der Waals surface area contributed by atoms with Crippen molar-refractivity contribution in [3.05, 3.63) is 53.2 Å². The predicted molar refractivity (Wildman–Crippen MR) is 127 cm³/mol. The number of anilines is 2. The number of hydrogen-bond acceptors (Lipinski definition) is 10. The number of hydrogen-bond donors (Lipinski definition) is 1. The molecule has 3 aromatic rings. The van der Waals surface area contributed by atoms with Gasteiger partial charge in [0.15, 0.2) is 11.6 Å². The molecule has 1 N–H and O–H groups in total. The molecule has 5 rings (SSSR count). The van der Waals surface area contributed by atoms with Crippen molar-refractivity contribution in [1.29, 1.82) is 0 Å². The van der Waals surface area contributed by atoms with Gasteiger partial charge in [0.2, 0.25) is 5.13 Å². The van der Waals surface area contributed by atoms with Gasteiger partial charge in [-0.3, -0.25) is 9.69 Å². The molecule has 0 aliphatic carbocycles. The lowest BCUT2D eigenvalue weighted by molar-refractivity contribution is -0.125. The number of carbonyl (C=O) groups is 1. The Bertz CT molecular complexity index is 1090. The van der Waals surface area contributed by atoms with Crippen LogP contribution >= 0.6 is 11.3 Å². The van der Waals surface area contributed by atoms with Gasteiger partial charge >= 0.3 is 0 Å². The Kier molecular flexibility index (Phi) is 6.45. The normalized spacial score (nSPS) is 19.2. The minimum atomic E-state index is -0.274. The maximum atomic E-state index is 13.3. The Morgan fingerprint density at radius 3 is 2.88 bits per heavy atom. The molecule has 33 heavy (non-hydrogen) atoms. The van der Waals surface area contributed by atoms with E-state index in [-0.39, 0.29) is 24.3 Å². The van der Waals surface area contributed by atoms with Gasteiger partial charge in [-0.15, -0.1) is 15.3 Å². The monoisotopic (exact) mass is 465 g/mol. The van der Waals surface area contributed by atoms with Crippen LogP contribution in [-0.2, 0) is 11.2 Å². The van der Waals surface area contributed by atoms with Crippen LogP contribution < -0.4 is 15.0 Å². The van der Waals surface area contributed by atoms with Gasteiger partial charge in [0.1, 0.15) is 10.8 Å². The highest BCUT2D eigenvalue weighted by molar-refractivity contribution is 7.15. The molecule has 2 aromatic heterocycles. The minimum absolute atomic E-state index is 0.139. The molecule has 0 amide bonds. The third-order valence-corrected chi connectivity index (χ3v) is 7.02. The van der Waals surface area contributed by atoms with Crippen molar-refractivity contribution < 1.29 is 9.53 Å². The number of ketones is 1. The SMILES string of the molecule is COc1cccc([C@H](C(=O)Cc2nnc(N[C@@H]3CCN(c4cccnn4)C3)s2)N2CCC2)c1. The standard InChI is InChI=1S/C23H27N7O2S/c1-32-18-6-2-5-16(13-18)22(29-10-4-11-29)19(31)14-21-27-28-23(33-21)25-17-8-12-30(15-17)20-7-3-9-24-26-20/h2-3,5-7,9,13,17,22H,4,8,10-12,14-15H2,1H3,(H,25,28)/t17-,22-/m1/s1. The summed E-state index contributed by atoms with van der Waals surface area (Å²) in [5, 5.41) is 21.7. The molecule has 1 aromatic carbocycles. The zero-order valence-electron chi connectivity index (χ0n) is 18.6. The molecule has 0 saturated carbocycles. The third-order valence-electron chi connectivity index (χ3n) is 6.16. The Hall–Kier alpha value is -3.11. The van der Waals surface area contributed by atoms with E-state index in [0.29, 0.717) is 0 Å². The lowest BCUT2D eigenvalue weighted by Crippen LogP contribution is -2.44. The summed E-state index contributed by atoms with van der Waals surface area (Å²) in [6, 6.07) is 11.7. The van der Waals surface area contributed by atoms with Gasteiger partial charge in [-0.2, -0.15) is 5.10 Å². The Morgan fingerprint density at radius 2 is 2.12 bits per heavy atom. The van der Waals surface area contributed by atoms with Crippen molar-refractivity contribution in [3.63, 3.8) is 0 Å². The Balaban J connectivity index is 1.22. The molecule has 172 valence electrons. The highest BCUT2D eigenvalue weighted by Crippen LogP contribution is 2.31. The summed E-state index contributed by atoms with van der Waals surface area (Å²) in [5.74, 6) is 1.79. The van der Waals surface area contributed by atoms with E-state index >= 15 is 0 Å². The molecule has 10 heteroatoms. The number of nitrogens with zero attached hydrogens (tertiary/aromatic N) is 6. The summed E-state index contributed by atoms with van der Waals surface area (Å²) in [7, 11) is 1.65. The van der Waals surface area contributed by atoms with Crippen molar-refractivity contribution >= 4 is 28.1 Å². The summed E-state index contributed by atoms with van der Waals surface area (Å²) in [6.45, 7) is 3.61. The maximum Gasteiger partial charge on any atom is 0.205 e. The molecule has 2 saturated heterocycles. The summed E-state index contributed by atoms with van der Waals surface area (Å²) in [5.41, 5.74) is 0.969. The first-order chi connectivity index (χ1) is 16.2. The van der Waals surface area contributed by atoms with Crippen LogP contribution in [0.4, 0.5) is 10.9 Å². The van der Waals surface area contributed by atoms with E-state index in [4.69, 9.17) is 4.74 Å². The summed E-state index contributed by atoms with van der Waals surface area (Å²) >= 11 is 1.46. The Labute approximate surface area is 196 Å². The predicted octanol–water partition coefficient (Wildman–Crippen LogP) is 2.59. The fourth-order valence-electron chi connectivity index (χ4n) is 4.36.